The predicted molar refractivity (Wildman–Crippen MR) is 86.1 cm³/mol. The second-order valence-corrected chi connectivity index (χ2v) is 7.03. The van der Waals surface area contributed by atoms with Crippen molar-refractivity contribution in [3.8, 4) is 0 Å². The maximum atomic E-state index is 12.7. The van der Waals surface area contributed by atoms with Gasteiger partial charge in [0.2, 0.25) is 10.0 Å². The molecule has 2 aromatic carbocycles. The molecule has 5 heteroatoms. The Morgan fingerprint density at radius 3 is 2.27 bits per heavy atom. The largest absolute Gasteiger partial charge is 0.302 e. The van der Waals surface area contributed by atoms with Gasteiger partial charge in [0.25, 0.3) is 0 Å². The Kier molecular flexibility index (Phi) is 4.65. The van der Waals surface area contributed by atoms with E-state index in [4.69, 9.17) is 1.37 Å². The molecule has 0 aliphatic rings. The van der Waals surface area contributed by atoms with E-state index in [0.29, 0.717) is 6.29 Å². The van der Waals surface area contributed by atoms with Crippen LogP contribution in [0.2, 0.25) is 0 Å². The zero-order valence-corrected chi connectivity index (χ0v) is 13.4. The number of nitrogens with zero attached hydrogens (tertiary/aromatic N) is 1. The summed E-state index contributed by atoms with van der Waals surface area (Å²) in [5, 5.41) is 0. The molecule has 0 aromatic heterocycles. The van der Waals surface area contributed by atoms with Crippen molar-refractivity contribution < 1.29 is 14.6 Å². The molecule has 0 bridgehead atoms. The number of benzene rings is 2. The van der Waals surface area contributed by atoms with Crippen molar-refractivity contribution >= 4 is 16.3 Å². The molecule has 0 amide bonds. The van der Waals surface area contributed by atoms with Crippen LogP contribution in [0.15, 0.2) is 59.5 Å². The van der Waals surface area contributed by atoms with E-state index >= 15 is 0 Å². The van der Waals surface area contributed by atoms with Crippen LogP contribution in [0.25, 0.3) is 0 Å². The highest BCUT2D eigenvalue weighted by Crippen LogP contribution is 2.18. The minimum absolute atomic E-state index is 0.0149. The van der Waals surface area contributed by atoms with Gasteiger partial charge in [-0.1, -0.05) is 48.0 Å². The van der Waals surface area contributed by atoms with Crippen molar-refractivity contribution in [3.63, 3.8) is 0 Å². The molecule has 0 N–H and O–H groups in total. The topological polar surface area (TPSA) is 54.5 Å². The first-order chi connectivity index (χ1) is 10.8. The predicted octanol–water partition coefficient (Wildman–Crippen LogP) is 2.43. The van der Waals surface area contributed by atoms with E-state index in [1.165, 1.54) is 19.2 Å². The van der Waals surface area contributed by atoms with Gasteiger partial charge in [0, 0.05) is 7.05 Å². The van der Waals surface area contributed by atoms with Crippen molar-refractivity contribution in [2.45, 2.75) is 24.3 Å². The summed E-state index contributed by atoms with van der Waals surface area (Å²) in [4.78, 5) is 11.6. The lowest BCUT2D eigenvalue weighted by molar-refractivity contribution is -0.110. The molecule has 4 nitrogen and oxygen atoms in total. The molecule has 0 spiro atoms. The fourth-order valence-electron chi connectivity index (χ4n) is 2.05. The third-order valence-corrected chi connectivity index (χ3v) is 5.27. The van der Waals surface area contributed by atoms with Crippen molar-refractivity contribution in [3.05, 3.63) is 65.7 Å². The number of rotatable bonds is 6. The van der Waals surface area contributed by atoms with Crippen molar-refractivity contribution in [2.24, 2.45) is 0 Å². The molecule has 0 radical (unpaired) electrons. The number of hydrogen-bond acceptors (Lipinski definition) is 3. The maximum absolute atomic E-state index is 12.7. The first kappa shape index (κ1) is 14.9. The first-order valence-corrected chi connectivity index (χ1v) is 8.29. The molecule has 116 valence electrons. The van der Waals surface area contributed by atoms with Crippen LogP contribution in [-0.4, -0.2) is 32.1 Å². The highest BCUT2D eigenvalue weighted by Gasteiger charge is 2.27. The number of sulfonamides is 1. The summed E-state index contributed by atoms with van der Waals surface area (Å²) in [5.74, 6) is 0. The van der Waals surface area contributed by atoms with Crippen LogP contribution in [0.3, 0.4) is 0 Å². The van der Waals surface area contributed by atoms with Crippen LogP contribution in [-0.2, 0) is 21.2 Å². The van der Waals surface area contributed by atoms with Crippen molar-refractivity contribution in [2.75, 3.05) is 7.05 Å². The summed E-state index contributed by atoms with van der Waals surface area (Å²) in [6.45, 7) is 1.86. The van der Waals surface area contributed by atoms with Gasteiger partial charge in [-0.2, -0.15) is 4.31 Å². The molecule has 0 aliphatic carbocycles. The van der Waals surface area contributed by atoms with Gasteiger partial charge in [0.05, 0.1) is 12.3 Å². The van der Waals surface area contributed by atoms with Gasteiger partial charge in [-0.15, -0.1) is 0 Å². The number of carbonyl (C=O) groups is 1. The Morgan fingerprint density at radius 1 is 1.14 bits per heavy atom. The molecule has 0 heterocycles. The molecule has 0 unspecified atom stereocenters. The molecule has 1 atom stereocenters. The quantitative estimate of drug-likeness (QED) is 0.769. The van der Waals surface area contributed by atoms with Gasteiger partial charge < -0.3 is 4.79 Å². The Morgan fingerprint density at radius 2 is 1.73 bits per heavy atom. The van der Waals surface area contributed by atoms with E-state index in [1.54, 1.807) is 36.4 Å². The Bertz CT molecular complexity index is 775. The van der Waals surface area contributed by atoms with Crippen LogP contribution in [0.1, 0.15) is 12.5 Å². The summed E-state index contributed by atoms with van der Waals surface area (Å²) in [6.07, 6.45) is 0.352. The number of hydrogen-bond donors (Lipinski definition) is 0. The molecule has 0 aliphatic heterocycles. The van der Waals surface area contributed by atoms with E-state index in [0.717, 1.165) is 15.4 Å². The third kappa shape index (κ3) is 3.61. The Labute approximate surface area is 132 Å². The maximum Gasteiger partial charge on any atom is 0.243 e. The smallest absolute Gasteiger partial charge is 0.243 e. The molecule has 2 aromatic rings. The Hall–Kier alpha value is -1.98. The van der Waals surface area contributed by atoms with Crippen LogP contribution < -0.4 is 0 Å². The van der Waals surface area contributed by atoms with Crippen LogP contribution in [0.4, 0.5) is 0 Å². The average molecular weight is 318 g/mol. The molecule has 22 heavy (non-hydrogen) atoms. The first-order valence-electron chi connectivity index (χ1n) is 7.35. The Balaban J connectivity index is 2.36. The second-order valence-electron chi connectivity index (χ2n) is 5.06. The minimum Gasteiger partial charge on any atom is -0.302 e. The van der Waals surface area contributed by atoms with Gasteiger partial charge >= 0.3 is 0 Å². The van der Waals surface area contributed by atoms with Gasteiger partial charge in [-0.05, 0) is 31.0 Å². The number of carbonyl (C=O) groups excluding carboxylic acids is 1. The summed E-state index contributed by atoms with van der Waals surface area (Å²) >= 11 is 0. The number of aldehydes is 1. The fourth-order valence-corrected chi connectivity index (χ4v) is 3.27. The highest BCUT2D eigenvalue weighted by molar-refractivity contribution is 7.89. The lowest BCUT2D eigenvalue weighted by Crippen LogP contribution is -2.39. The summed E-state index contributed by atoms with van der Waals surface area (Å²) in [6, 6.07) is 13.4. The molecule has 0 saturated carbocycles. The van der Waals surface area contributed by atoms with Gasteiger partial charge in [0.15, 0.2) is 0 Å². The zero-order valence-electron chi connectivity index (χ0n) is 13.6. The van der Waals surface area contributed by atoms with Gasteiger partial charge in [0.1, 0.15) is 6.29 Å². The summed E-state index contributed by atoms with van der Waals surface area (Å²) in [5.41, 5.74) is 1.66. The standard InChI is InChI=1S/C17H19NO3S/c1-14-8-10-17(11-9-14)22(20,21)18(2)16(13-19)12-15-6-4-3-5-7-15/h3-11,13,16H,12H2,1-2H3/t16-/m0/s1/i16D. The molecule has 0 fully saturated rings. The van der Waals surface area contributed by atoms with Crippen LogP contribution in [0.5, 0.6) is 0 Å². The van der Waals surface area contributed by atoms with E-state index in [-0.39, 0.29) is 11.3 Å². The number of aryl methyl sites for hydroxylation is 1. The molecular formula is C17H19NO3S. The molecule has 0 saturated heterocycles. The summed E-state index contributed by atoms with van der Waals surface area (Å²) < 4.78 is 34.5. The summed E-state index contributed by atoms with van der Waals surface area (Å²) in [7, 11) is -2.67. The van der Waals surface area contributed by atoms with E-state index in [9.17, 15) is 13.2 Å². The van der Waals surface area contributed by atoms with Gasteiger partial charge in [-0.25, -0.2) is 8.42 Å². The minimum atomic E-state index is -3.93. The van der Waals surface area contributed by atoms with Crippen molar-refractivity contribution in [1.82, 2.24) is 4.31 Å². The SMILES string of the molecule is [2H][C@@](C=O)(Cc1ccccc1)N(C)S(=O)(=O)c1ccc(C)cc1. The second kappa shape index (κ2) is 6.85. The zero-order chi connectivity index (χ0) is 17.1. The van der Waals surface area contributed by atoms with E-state index in [2.05, 4.69) is 0 Å². The van der Waals surface area contributed by atoms with Gasteiger partial charge in [-0.3, -0.25) is 0 Å². The fraction of sp³-hybridized carbons (Fsp3) is 0.235. The van der Waals surface area contributed by atoms with Crippen molar-refractivity contribution in [1.29, 1.82) is 0 Å². The van der Waals surface area contributed by atoms with E-state index < -0.39 is 16.0 Å². The number of likely N-dealkylation sites (N-methyl/N-ethyl adjacent to an activating group) is 1. The lowest BCUT2D eigenvalue weighted by atomic mass is 10.1. The van der Waals surface area contributed by atoms with Crippen LogP contribution >= 0.6 is 0 Å². The molecular weight excluding hydrogens is 298 g/mol. The highest BCUT2D eigenvalue weighted by atomic mass is 32.2. The van der Waals surface area contributed by atoms with Crippen LogP contribution in [0, 0.1) is 6.92 Å². The average Bonchev–Trinajstić information content (AvgIpc) is 2.55. The molecule has 2 rings (SSSR count). The van der Waals surface area contributed by atoms with E-state index in [1.807, 2.05) is 13.0 Å². The third-order valence-electron chi connectivity index (χ3n) is 3.45. The lowest BCUT2D eigenvalue weighted by Gasteiger charge is -2.23. The normalized spacial score (nSPS) is 15.1. The monoisotopic (exact) mass is 318 g/mol.